The molecule has 0 aliphatic carbocycles. The number of amides is 10. The Morgan fingerprint density at radius 3 is 1.76 bits per heavy atom. The first-order valence-corrected chi connectivity index (χ1v) is 24.3. The summed E-state index contributed by atoms with van der Waals surface area (Å²) in [4.78, 5) is 160. The normalized spacial score (nSPS) is 15.6. The molecule has 0 spiro atoms. The van der Waals surface area contributed by atoms with Crippen molar-refractivity contribution >= 4 is 77.0 Å². The van der Waals surface area contributed by atoms with Gasteiger partial charge in [0.25, 0.3) is 0 Å². The number of carbonyl (C=O) groups excluding carboxylic acids is 10. The second kappa shape index (κ2) is 33.6. The first kappa shape index (κ1) is 63.9. The van der Waals surface area contributed by atoms with Crippen molar-refractivity contribution in [1.29, 1.82) is 0 Å². The highest BCUT2D eigenvalue weighted by Crippen LogP contribution is 2.18. The molecule has 1 aromatic rings. The van der Waals surface area contributed by atoms with Gasteiger partial charge in [0.2, 0.25) is 59.1 Å². The third-order valence-electron chi connectivity index (χ3n) is 11.5. The lowest BCUT2D eigenvalue weighted by molar-refractivity contribution is -0.143. The van der Waals surface area contributed by atoms with Crippen molar-refractivity contribution in [3.05, 3.63) is 18.2 Å². The number of nitrogens with zero attached hydrogens (tertiary/aromatic N) is 4. The van der Waals surface area contributed by atoms with E-state index >= 15 is 0 Å². The molecule has 0 bridgehead atoms. The van der Waals surface area contributed by atoms with Crippen LogP contribution in [0.5, 0.6) is 0 Å². The van der Waals surface area contributed by atoms with Crippen molar-refractivity contribution in [2.75, 3.05) is 39.3 Å². The van der Waals surface area contributed by atoms with E-state index < -0.39 is 146 Å². The van der Waals surface area contributed by atoms with Crippen molar-refractivity contribution in [2.45, 2.75) is 132 Å². The van der Waals surface area contributed by atoms with E-state index in [0.717, 1.165) is 4.90 Å². The van der Waals surface area contributed by atoms with Gasteiger partial charge in [-0.2, -0.15) is 0 Å². The van der Waals surface area contributed by atoms with Crippen molar-refractivity contribution in [1.82, 2.24) is 52.1 Å². The number of rotatable bonds is 36. The van der Waals surface area contributed by atoms with E-state index in [1.165, 1.54) is 12.5 Å². The highest BCUT2D eigenvalue weighted by atomic mass is 16.4. The summed E-state index contributed by atoms with van der Waals surface area (Å²) < 4.78 is 0. The molecule has 8 atom stereocenters. The van der Waals surface area contributed by atoms with Crippen LogP contribution in [0.1, 0.15) is 82.7 Å². The summed E-state index contributed by atoms with van der Waals surface area (Å²) in [6, 6.07) is -11.6. The van der Waals surface area contributed by atoms with Gasteiger partial charge in [0, 0.05) is 44.4 Å². The number of hydrogen-bond donors (Lipinski definition) is 18. The number of imidazole rings is 1. The first-order chi connectivity index (χ1) is 36.0. The van der Waals surface area contributed by atoms with Crippen LogP contribution in [0.4, 0.5) is 0 Å². The van der Waals surface area contributed by atoms with E-state index in [4.69, 9.17) is 45.9 Å². The third kappa shape index (κ3) is 23.8. The van der Waals surface area contributed by atoms with Gasteiger partial charge in [0.15, 0.2) is 11.9 Å². The standard InChI is InChI=1S/C43H74N20O13/c44-12-2-1-7-25(36(70)60-27(16-22-18-52-21-56-22)38(72)59-26(10-11-31(46)65)37(71)62-29(20-64)41(75)76)58-39(73)28(17-32(47)66)61-40(74)30-9-5-15-63(30)33(67)19-55-35(69)24(8-4-14-54-43(50)51)57-34(68)23(45)6-3-13-53-42(48)49/h18,21,23-30,64H,1-17,19-20,44-45H2,(H2,46,65)(H2,47,66)(H,52,56)(H,55,69)(H,57,68)(H,58,73)(H,59,72)(H,60,70)(H,61,74)(H,62,71)(H,75,76)(H4,48,49,53)(H4,50,51,54)/t23-,24-,25-,26-,27-,28-,29-,30-/m0/s1. The average Bonchev–Trinajstić information content (AvgIpc) is 4.08. The van der Waals surface area contributed by atoms with Gasteiger partial charge in [0.1, 0.15) is 42.3 Å². The van der Waals surface area contributed by atoms with E-state index in [2.05, 4.69) is 51.9 Å². The van der Waals surface area contributed by atoms with E-state index in [0.29, 0.717) is 25.0 Å². The van der Waals surface area contributed by atoms with Crippen LogP contribution in [-0.4, -0.2) is 190 Å². The Labute approximate surface area is 436 Å². The molecule has 26 N–H and O–H groups in total. The van der Waals surface area contributed by atoms with Gasteiger partial charge in [-0.25, -0.2) is 9.78 Å². The Hall–Kier alpha value is -8.20. The quantitative estimate of drug-likeness (QED) is 0.0169. The molecular formula is C43H74N20O13. The number of aromatic nitrogens is 2. The number of aliphatic carboxylic acids is 1. The number of aliphatic hydroxyl groups is 1. The molecule has 33 nitrogen and oxygen atoms in total. The zero-order chi connectivity index (χ0) is 56.9. The minimum absolute atomic E-state index is 0.0305. The molecule has 76 heavy (non-hydrogen) atoms. The molecule has 10 amide bonds. The van der Waals surface area contributed by atoms with Crippen LogP contribution in [0, 0.1) is 0 Å². The van der Waals surface area contributed by atoms with Gasteiger partial charge in [-0.05, 0) is 70.8 Å². The molecule has 2 heterocycles. The maximum atomic E-state index is 14.1. The molecule has 1 saturated heterocycles. The Morgan fingerprint density at radius 1 is 0.671 bits per heavy atom. The zero-order valence-electron chi connectivity index (χ0n) is 42.0. The lowest BCUT2D eigenvalue weighted by atomic mass is 10.0. The summed E-state index contributed by atoms with van der Waals surface area (Å²) in [5, 5.41) is 35.7. The van der Waals surface area contributed by atoms with Crippen molar-refractivity contribution in [3.63, 3.8) is 0 Å². The summed E-state index contributed by atoms with van der Waals surface area (Å²) in [6.07, 6.45) is 2.35. The van der Waals surface area contributed by atoms with Gasteiger partial charge < -0.3 is 103 Å². The Morgan fingerprint density at radius 2 is 1.21 bits per heavy atom. The largest absolute Gasteiger partial charge is 0.480 e. The summed E-state index contributed by atoms with van der Waals surface area (Å²) in [7, 11) is 0. The minimum atomic E-state index is -1.78. The average molecular weight is 1080 g/mol. The number of nitrogens with one attached hydrogen (secondary N) is 8. The Bertz CT molecular complexity index is 2210. The fraction of sp³-hybridized carbons (Fsp3) is 0.628. The number of aromatic amines is 1. The minimum Gasteiger partial charge on any atom is -0.480 e. The molecule has 1 aliphatic rings. The number of likely N-dealkylation sites (tertiary alicyclic amines) is 1. The molecule has 33 heteroatoms. The van der Waals surface area contributed by atoms with Crippen LogP contribution in [0.15, 0.2) is 22.5 Å². The monoisotopic (exact) mass is 1080 g/mol. The SMILES string of the molecule is NCCCC[C@H](NC(=O)[C@H](CC(N)=O)NC(=O)[C@@H]1CCCN1C(=O)CNC(=O)[C@H](CCCN=C(N)N)NC(=O)[C@@H](N)CCCN=C(N)N)C(=O)N[C@@H](Cc1cnc[nH]1)C(=O)N[C@@H](CCC(N)=O)C(=O)N[C@@H](CO)C(=O)O. The van der Waals surface area contributed by atoms with Crippen molar-refractivity contribution in [2.24, 2.45) is 55.9 Å². The predicted octanol–water partition coefficient (Wildman–Crippen LogP) is -9.25. The van der Waals surface area contributed by atoms with Gasteiger partial charge in [-0.3, -0.25) is 57.9 Å². The van der Waals surface area contributed by atoms with Crippen molar-refractivity contribution in [3.8, 4) is 0 Å². The highest BCUT2D eigenvalue weighted by Gasteiger charge is 2.38. The Kier molecular flexibility index (Phi) is 28.2. The summed E-state index contributed by atoms with van der Waals surface area (Å²) >= 11 is 0. The number of unbranched alkanes of at least 4 members (excludes halogenated alkanes) is 1. The molecule has 1 aliphatic heterocycles. The second-order valence-electron chi connectivity index (χ2n) is 17.6. The van der Waals surface area contributed by atoms with E-state index in [-0.39, 0.29) is 83.0 Å². The zero-order valence-corrected chi connectivity index (χ0v) is 42.0. The number of guanidine groups is 2. The van der Waals surface area contributed by atoms with Gasteiger partial charge in [0.05, 0.1) is 31.9 Å². The molecule has 1 fully saturated rings. The highest BCUT2D eigenvalue weighted by molar-refractivity contribution is 5.99. The summed E-state index contributed by atoms with van der Waals surface area (Å²) in [5.74, 6) is -11.1. The van der Waals surface area contributed by atoms with E-state index in [9.17, 15) is 63.0 Å². The first-order valence-electron chi connectivity index (χ1n) is 24.3. The molecular weight excluding hydrogens is 1000 g/mol. The van der Waals surface area contributed by atoms with Crippen LogP contribution in [-0.2, 0) is 59.2 Å². The van der Waals surface area contributed by atoms with E-state index in [1.54, 1.807) is 0 Å². The van der Waals surface area contributed by atoms with Crippen LogP contribution in [0.3, 0.4) is 0 Å². The topological polar surface area (TPSA) is 577 Å². The second-order valence-corrected chi connectivity index (χ2v) is 17.6. The van der Waals surface area contributed by atoms with E-state index in [1.807, 2.05) is 5.32 Å². The molecule has 0 aromatic carbocycles. The lowest BCUT2D eigenvalue weighted by Gasteiger charge is -2.28. The molecule has 2 rings (SSSR count). The fourth-order valence-electron chi connectivity index (χ4n) is 7.52. The summed E-state index contributed by atoms with van der Waals surface area (Å²) in [5.41, 5.74) is 44.2. The smallest absolute Gasteiger partial charge is 0.328 e. The number of carboxylic acids is 1. The maximum absolute atomic E-state index is 14.1. The van der Waals surface area contributed by atoms with Gasteiger partial charge >= 0.3 is 5.97 Å². The number of carbonyl (C=O) groups is 11. The third-order valence-corrected chi connectivity index (χ3v) is 11.5. The lowest BCUT2D eigenvalue weighted by Crippen LogP contribution is -2.60. The van der Waals surface area contributed by atoms with Crippen LogP contribution < -0.4 is 83.1 Å². The molecule has 1 aromatic heterocycles. The predicted molar refractivity (Wildman–Crippen MR) is 269 cm³/mol. The number of primary amides is 2. The molecule has 0 unspecified atom stereocenters. The van der Waals surface area contributed by atoms with Gasteiger partial charge in [-0.15, -0.1) is 0 Å². The van der Waals surface area contributed by atoms with Crippen LogP contribution >= 0.6 is 0 Å². The Balaban J connectivity index is 2.29. The van der Waals surface area contributed by atoms with Crippen LogP contribution in [0.25, 0.3) is 0 Å². The molecule has 0 radical (unpaired) electrons. The van der Waals surface area contributed by atoms with Gasteiger partial charge in [-0.1, -0.05) is 0 Å². The molecule has 0 saturated carbocycles. The number of aliphatic imine (C=N–C) groups is 2. The number of carboxylic acid groups (broad SMARTS) is 1. The summed E-state index contributed by atoms with van der Waals surface area (Å²) in [6.45, 7) is -1.10. The fourth-order valence-corrected chi connectivity index (χ4v) is 7.52. The van der Waals surface area contributed by atoms with Crippen LogP contribution in [0.2, 0.25) is 0 Å². The number of H-pyrrole nitrogens is 1. The number of aliphatic hydroxyl groups excluding tert-OH is 1. The molecule has 424 valence electrons. The maximum Gasteiger partial charge on any atom is 0.328 e. The number of nitrogens with two attached hydrogens (primary N) is 8. The van der Waals surface area contributed by atoms with Crippen molar-refractivity contribution < 1.29 is 63.0 Å². The number of hydrogen-bond acceptors (Lipinski definition) is 17.